The zero-order valence-corrected chi connectivity index (χ0v) is 8.38. The van der Waals surface area contributed by atoms with E-state index in [-0.39, 0.29) is 6.04 Å². The van der Waals surface area contributed by atoms with Gasteiger partial charge >= 0.3 is 0 Å². The molecule has 1 rings (SSSR count). The lowest BCUT2D eigenvalue weighted by Crippen LogP contribution is -2.10. The molecular weight excluding hydrogens is 186 g/mol. The van der Waals surface area contributed by atoms with Crippen LogP contribution < -0.4 is 11.5 Å². The second-order valence-corrected chi connectivity index (χ2v) is 3.40. The van der Waals surface area contributed by atoms with Gasteiger partial charge in [-0.1, -0.05) is 24.9 Å². The van der Waals surface area contributed by atoms with E-state index in [0.29, 0.717) is 10.8 Å². The number of nitrogens with zero attached hydrogens (tertiary/aromatic N) is 1. The molecule has 1 atom stereocenters. The molecule has 0 unspecified atom stereocenters. The molecule has 0 saturated heterocycles. The van der Waals surface area contributed by atoms with E-state index in [9.17, 15) is 0 Å². The number of nitrogens with two attached hydrogens (primary N) is 2. The molecule has 1 aromatic heterocycles. The molecular formula is C9H14ClN3. The summed E-state index contributed by atoms with van der Waals surface area (Å²) < 4.78 is 0. The first-order valence-electron chi connectivity index (χ1n) is 4.31. The highest BCUT2D eigenvalue weighted by Gasteiger charge is 2.06. The Morgan fingerprint density at radius 1 is 1.62 bits per heavy atom. The van der Waals surface area contributed by atoms with Crippen molar-refractivity contribution in [3.63, 3.8) is 0 Å². The maximum absolute atomic E-state index is 5.89. The van der Waals surface area contributed by atoms with Gasteiger partial charge in [-0.15, -0.1) is 0 Å². The molecule has 0 bridgehead atoms. The van der Waals surface area contributed by atoms with E-state index in [2.05, 4.69) is 11.9 Å². The van der Waals surface area contributed by atoms with Gasteiger partial charge in [-0.2, -0.15) is 0 Å². The number of halogens is 1. The number of hydrogen-bond donors (Lipinski definition) is 2. The second-order valence-electron chi connectivity index (χ2n) is 3.04. The van der Waals surface area contributed by atoms with Crippen LogP contribution in [0.25, 0.3) is 0 Å². The van der Waals surface area contributed by atoms with E-state index in [1.807, 2.05) is 0 Å². The quantitative estimate of drug-likeness (QED) is 0.733. The van der Waals surface area contributed by atoms with Gasteiger partial charge in [-0.25, -0.2) is 4.98 Å². The Morgan fingerprint density at radius 2 is 2.31 bits per heavy atom. The van der Waals surface area contributed by atoms with Crippen LogP contribution >= 0.6 is 11.6 Å². The molecule has 0 radical (unpaired) electrons. The average molecular weight is 200 g/mol. The lowest BCUT2D eigenvalue weighted by Gasteiger charge is -2.10. The van der Waals surface area contributed by atoms with E-state index in [0.717, 1.165) is 18.4 Å². The molecule has 1 aromatic rings. The molecule has 0 aliphatic rings. The molecule has 0 saturated carbocycles. The minimum absolute atomic E-state index is 0.0112. The lowest BCUT2D eigenvalue weighted by atomic mass is 10.1. The largest absolute Gasteiger partial charge is 0.396 e. The van der Waals surface area contributed by atoms with E-state index in [4.69, 9.17) is 23.1 Å². The van der Waals surface area contributed by atoms with Crippen LogP contribution in [0, 0.1) is 0 Å². The van der Waals surface area contributed by atoms with E-state index in [1.165, 1.54) is 0 Å². The molecule has 4 N–H and O–H groups in total. The third-order valence-corrected chi connectivity index (χ3v) is 2.23. The first-order valence-corrected chi connectivity index (χ1v) is 4.69. The molecule has 3 nitrogen and oxygen atoms in total. The summed E-state index contributed by atoms with van der Waals surface area (Å²) >= 11 is 5.69. The minimum Gasteiger partial charge on any atom is -0.396 e. The zero-order valence-electron chi connectivity index (χ0n) is 7.63. The van der Waals surface area contributed by atoms with Gasteiger partial charge in [0, 0.05) is 12.2 Å². The third kappa shape index (κ3) is 2.57. The number of rotatable bonds is 3. The van der Waals surface area contributed by atoms with Crippen molar-refractivity contribution in [1.82, 2.24) is 4.98 Å². The Kier molecular flexibility index (Phi) is 3.51. The SMILES string of the molecule is CCC[C@@H](N)c1cnc(Cl)c(N)c1. The van der Waals surface area contributed by atoms with Crippen LogP contribution in [-0.4, -0.2) is 4.98 Å². The maximum atomic E-state index is 5.89. The molecule has 0 aliphatic heterocycles. The van der Waals surface area contributed by atoms with Crippen molar-refractivity contribution >= 4 is 17.3 Å². The number of hydrogen-bond acceptors (Lipinski definition) is 3. The summed E-state index contributed by atoms with van der Waals surface area (Å²) in [5.41, 5.74) is 12.9. The molecule has 4 heteroatoms. The van der Waals surface area contributed by atoms with Gasteiger partial charge in [-0.3, -0.25) is 0 Å². The van der Waals surface area contributed by atoms with E-state index >= 15 is 0 Å². The summed E-state index contributed by atoms with van der Waals surface area (Å²) in [7, 11) is 0. The minimum atomic E-state index is 0.0112. The molecule has 0 aromatic carbocycles. The van der Waals surface area contributed by atoms with Gasteiger partial charge in [0.1, 0.15) is 0 Å². The highest BCUT2D eigenvalue weighted by atomic mass is 35.5. The summed E-state index contributed by atoms with van der Waals surface area (Å²) in [4.78, 5) is 3.94. The summed E-state index contributed by atoms with van der Waals surface area (Å²) in [6.45, 7) is 2.09. The van der Waals surface area contributed by atoms with Gasteiger partial charge < -0.3 is 11.5 Å². The highest BCUT2D eigenvalue weighted by Crippen LogP contribution is 2.21. The topological polar surface area (TPSA) is 64.9 Å². The van der Waals surface area contributed by atoms with Crippen molar-refractivity contribution in [3.8, 4) is 0 Å². The molecule has 0 amide bonds. The summed E-state index contributed by atoms with van der Waals surface area (Å²) in [6.07, 6.45) is 3.66. The van der Waals surface area contributed by atoms with Gasteiger partial charge in [0.2, 0.25) is 0 Å². The monoisotopic (exact) mass is 199 g/mol. The van der Waals surface area contributed by atoms with E-state index < -0.39 is 0 Å². The van der Waals surface area contributed by atoms with Gasteiger partial charge in [-0.05, 0) is 18.1 Å². The van der Waals surface area contributed by atoms with Crippen molar-refractivity contribution in [2.75, 3.05) is 5.73 Å². The summed E-state index contributed by atoms with van der Waals surface area (Å²) in [6, 6.07) is 1.80. The molecule has 0 aliphatic carbocycles. The number of anilines is 1. The maximum Gasteiger partial charge on any atom is 0.151 e. The Morgan fingerprint density at radius 3 is 2.85 bits per heavy atom. The first-order chi connectivity index (χ1) is 6.15. The second kappa shape index (κ2) is 4.44. The number of nitrogen functional groups attached to an aromatic ring is 1. The predicted octanol–water partition coefficient (Wildman–Crippen LogP) is 2.12. The fourth-order valence-corrected chi connectivity index (χ4v) is 1.27. The zero-order chi connectivity index (χ0) is 9.84. The molecule has 72 valence electrons. The van der Waals surface area contributed by atoms with Crippen molar-refractivity contribution in [1.29, 1.82) is 0 Å². The van der Waals surface area contributed by atoms with E-state index in [1.54, 1.807) is 12.3 Å². The molecule has 0 spiro atoms. The smallest absolute Gasteiger partial charge is 0.151 e. The molecule has 0 fully saturated rings. The number of aromatic nitrogens is 1. The summed E-state index contributed by atoms with van der Waals surface area (Å²) in [5, 5.41) is 0.340. The van der Waals surface area contributed by atoms with Crippen molar-refractivity contribution in [2.24, 2.45) is 5.73 Å². The van der Waals surface area contributed by atoms with Crippen LogP contribution in [0.15, 0.2) is 12.3 Å². The lowest BCUT2D eigenvalue weighted by molar-refractivity contribution is 0.636. The average Bonchev–Trinajstić information content (AvgIpc) is 2.10. The summed E-state index contributed by atoms with van der Waals surface area (Å²) in [5.74, 6) is 0. The van der Waals surface area contributed by atoms with Crippen LogP contribution in [0.5, 0.6) is 0 Å². The van der Waals surface area contributed by atoms with Crippen LogP contribution in [-0.2, 0) is 0 Å². The standard InChI is InChI=1S/C9H14ClN3/c1-2-3-7(11)6-4-8(12)9(10)13-5-6/h4-5,7H,2-3,11-12H2,1H3/t7-/m1/s1. The Balaban J connectivity index is 2.84. The Labute approximate surface area is 83.1 Å². The van der Waals surface area contributed by atoms with Gasteiger partial charge in [0.15, 0.2) is 5.15 Å². The van der Waals surface area contributed by atoms with Crippen LogP contribution in [0.1, 0.15) is 31.4 Å². The fraction of sp³-hybridized carbons (Fsp3) is 0.444. The normalized spacial score (nSPS) is 12.8. The van der Waals surface area contributed by atoms with Crippen molar-refractivity contribution < 1.29 is 0 Å². The van der Waals surface area contributed by atoms with Crippen LogP contribution in [0.2, 0.25) is 5.15 Å². The third-order valence-electron chi connectivity index (χ3n) is 1.92. The molecule has 13 heavy (non-hydrogen) atoms. The van der Waals surface area contributed by atoms with Crippen LogP contribution in [0.3, 0.4) is 0 Å². The number of pyridine rings is 1. The first kappa shape index (κ1) is 10.3. The Bertz CT molecular complexity index is 288. The van der Waals surface area contributed by atoms with Crippen molar-refractivity contribution in [2.45, 2.75) is 25.8 Å². The van der Waals surface area contributed by atoms with Crippen molar-refractivity contribution in [3.05, 3.63) is 23.0 Å². The molecule has 1 heterocycles. The van der Waals surface area contributed by atoms with Gasteiger partial charge in [0.05, 0.1) is 5.69 Å². The highest BCUT2D eigenvalue weighted by molar-refractivity contribution is 6.31. The van der Waals surface area contributed by atoms with Crippen LogP contribution in [0.4, 0.5) is 5.69 Å². The Hall–Kier alpha value is -0.800. The fourth-order valence-electron chi connectivity index (χ4n) is 1.16. The van der Waals surface area contributed by atoms with Gasteiger partial charge in [0.25, 0.3) is 0 Å². The predicted molar refractivity (Wildman–Crippen MR) is 55.5 cm³/mol.